The molecule has 5 heteroatoms. The molecule has 8 aromatic carbocycles. The van der Waals surface area contributed by atoms with Gasteiger partial charge in [-0.15, -0.1) is 0 Å². The molecular weight excluding hydrogens is 661 g/mol. The number of para-hydroxylation sites is 2. The summed E-state index contributed by atoms with van der Waals surface area (Å²) in [5.41, 5.74) is 10.0. The largest absolute Gasteiger partial charge is 0.456 e. The maximum absolute atomic E-state index is 6.77. The van der Waals surface area contributed by atoms with Gasteiger partial charge in [0.25, 0.3) is 0 Å². The van der Waals surface area contributed by atoms with Gasteiger partial charge in [0.15, 0.2) is 17.5 Å². The minimum absolute atomic E-state index is 0.585. The van der Waals surface area contributed by atoms with Crippen LogP contribution < -0.4 is 0 Å². The van der Waals surface area contributed by atoms with Crippen molar-refractivity contribution in [1.29, 1.82) is 0 Å². The molecule has 0 atom stereocenters. The summed E-state index contributed by atoms with van der Waals surface area (Å²) >= 11 is 0. The first-order chi connectivity index (χ1) is 26.8. The van der Waals surface area contributed by atoms with Gasteiger partial charge in [-0.2, -0.15) is 0 Å². The van der Waals surface area contributed by atoms with Crippen LogP contribution in [0.25, 0.3) is 116 Å². The Bertz CT molecular complexity index is 3440. The van der Waals surface area contributed by atoms with Crippen LogP contribution in [0.3, 0.4) is 0 Å². The summed E-state index contributed by atoms with van der Waals surface area (Å²) in [6.07, 6.45) is 0. The second-order valence-corrected chi connectivity index (χ2v) is 14.0. The van der Waals surface area contributed by atoms with Crippen LogP contribution in [0.15, 0.2) is 174 Å². The summed E-state index contributed by atoms with van der Waals surface area (Å²) in [5.74, 6) is 1.81. The Morgan fingerprint density at radius 2 is 1.02 bits per heavy atom. The predicted octanol–water partition coefficient (Wildman–Crippen LogP) is 12.7. The Balaban J connectivity index is 1.18. The fourth-order valence-electron chi connectivity index (χ4n) is 8.56. The van der Waals surface area contributed by atoms with Crippen molar-refractivity contribution < 1.29 is 4.42 Å². The van der Waals surface area contributed by atoms with E-state index >= 15 is 0 Å². The lowest BCUT2D eigenvalue weighted by atomic mass is 9.99. The lowest BCUT2D eigenvalue weighted by molar-refractivity contribution is 0.669. The third kappa shape index (κ3) is 4.18. The summed E-state index contributed by atoms with van der Waals surface area (Å²) in [6.45, 7) is 0. The van der Waals surface area contributed by atoms with Gasteiger partial charge >= 0.3 is 0 Å². The number of nitrogens with zero attached hydrogens (tertiary/aromatic N) is 4. The molecule has 4 aromatic heterocycles. The van der Waals surface area contributed by atoms with E-state index < -0.39 is 0 Å². The second kappa shape index (κ2) is 11.1. The van der Waals surface area contributed by atoms with Crippen molar-refractivity contribution in [2.24, 2.45) is 0 Å². The first-order valence-electron chi connectivity index (χ1n) is 18.2. The molecule has 0 spiro atoms. The maximum atomic E-state index is 6.77. The Morgan fingerprint density at radius 1 is 0.370 bits per heavy atom. The molecule has 12 rings (SSSR count). The van der Waals surface area contributed by atoms with Crippen LogP contribution in [0.2, 0.25) is 0 Å². The lowest BCUT2D eigenvalue weighted by Gasteiger charge is -2.12. The molecule has 4 heterocycles. The number of furan rings is 1. The molecule has 54 heavy (non-hydrogen) atoms. The summed E-state index contributed by atoms with van der Waals surface area (Å²) in [7, 11) is 0. The monoisotopic (exact) mass is 688 g/mol. The molecule has 12 aromatic rings. The van der Waals surface area contributed by atoms with Gasteiger partial charge in [-0.05, 0) is 69.8 Å². The van der Waals surface area contributed by atoms with Gasteiger partial charge in [0, 0.05) is 38.2 Å². The highest BCUT2D eigenvalue weighted by molar-refractivity contribution is 6.32. The number of hydrogen-bond donors (Lipinski definition) is 0. The second-order valence-electron chi connectivity index (χ2n) is 14.0. The minimum Gasteiger partial charge on any atom is -0.456 e. The van der Waals surface area contributed by atoms with Crippen molar-refractivity contribution in [3.05, 3.63) is 170 Å². The Hall–Kier alpha value is -7.37. The normalized spacial score (nSPS) is 12.1. The SMILES string of the molecule is c1ccc(-c2ccccc2-c2nc(-c3ccc4ccccc4c3)nc(-c3cc4oc5ccc6c7ccccc7n7c8ccccc8c(c3)c4c5c67)n2)cc1. The molecule has 0 saturated carbocycles. The number of hydrogen-bond acceptors (Lipinski definition) is 4. The Labute approximate surface area is 308 Å². The molecule has 5 nitrogen and oxygen atoms in total. The average Bonchev–Trinajstić information content (AvgIpc) is 3.75. The van der Waals surface area contributed by atoms with E-state index in [0.29, 0.717) is 17.5 Å². The highest BCUT2D eigenvalue weighted by Gasteiger charge is 2.23. The molecule has 0 aliphatic carbocycles. The van der Waals surface area contributed by atoms with Crippen LogP contribution in [0, 0.1) is 0 Å². The predicted molar refractivity (Wildman–Crippen MR) is 221 cm³/mol. The quantitative estimate of drug-likeness (QED) is 0.185. The molecule has 0 fully saturated rings. The van der Waals surface area contributed by atoms with Crippen molar-refractivity contribution in [3.63, 3.8) is 0 Å². The fraction of sp³-hybridized carbons (Fsp3) is 0. The van der Waals surface area contributed by atoms with Gasteiger partial charge in [-0.25, -0.2) is 15.0 Å². The number of aromatic nitrogens is 4. The third-order valence-corrected chi connectivity index (χ3v) is 11.0. The van der Waals surface area contributed by atoms with Gasteiger partial charge in [0.05, 0.1) is 21.9 Å². The zero-order valence-corrected chi connectivity index (χ0v) is 28.9. The van der Waals surface area contributed by atoms with Crippen molar-refractivity contribution in [2.75, 3.05) is 0 Å². The number of fused-ring (bicyclic) bond motifs is 7. The molecule has 0 N–H and O–H groups in total. The zero-order valence-electron chi connectivity index (χ0n) is 28.9. The van der Waals surface area contributed by atoms with E-state index in [1.807, 2.05) is 12.1 Å². The van der Waals surface area contributed by atoms with Crippen molar-refractivity contribution >= 4 is 70.8 Å². The topological polar surface area (TPSA) is 56.2 Å². The maximum Gasteiger partial charge on any atom is 0.164 e. The van der Waals surface area contributed by atoms with E-state index in [4.69, 9.17) is 19.4 Å². The van der Waals surface area contributed by atoms with Crippen LogP contribution in [0.1, 0.15) is 0 Å². The molecule has 0 unspecified atom stereocenters. The van der Waals surface area contributed by atoms with Crippen LogP contribution in [0.5, 0.6) is 0 Å². The number of rotatable bonds is 4. The van der Waals surface area contributed by atoms with Crippen molar-refractivity contribution in [1.82, 2.24) is 19.4 Å². The first kappa shape index (κ1) is 29.2. The van der Waals surface area contributed by atoms with Gasteiger partial charge < -0.3 is 8.82 Å². The molecule has 0 amide bonds. The van der Waals surface area contributed by atoms with Crippen LogP contribution in [-0.4, -0.2) is 19.4 Å². The standard InChI is InChI=1S/C49H28N4O/c1-2-13-30(14-3-1)34-16-6-7-19-38(34)49-51-47(32-23-22-29-12-4-5-15-31(29)26-32)50-48(52-49)33-27-39-36-18-9-11-21-41(36)53-40-20-10-8-17-35(40)37-24-25-42-45(46(37)53)44(39)43(28-33)54-42/h1-28H. The smallest absolute Gasteiger partial charge is 0.164 e. The van der Waals surface area contributed by atoms with E-state index in [-0.39, 0.29) is 0 Å². The lowest BCUT2D eigenvalue weighted by Crippen LogP contribution is -2.01. The van der Waals surface area contributed by atoms with E-state index in [9.17, 15) is 0 Å². The van der Waals surface area contributed by atoms with Crippen LogP contribution in [0.4, 0.5) is 0 Å². The van der Waals surface area contributed by atoms with Crippen molar-refractivity contribution in [2.45, 2.75) is 0 Å². The van der Waals surface area contributed by atoms with Gasteiger partial charge in [0.1, 0.15) is 11.2 Å². The first-order valence-corrected chi connectivity index (χ1v) is 18.2. The summed E-state index contributed by atoms with van der Waals surface area (Å²) < 4.78 is 9.19. The van der Waals surface area contributed by atoms with E-state index in [1.165, 1.54) is 27.2 Å². The third-order valence-electron chi connectivity index (χ3n) is 11.0. The fourth-order valence-corrected chi connectivity index (χ4v) is 8.56. The Kier molecular flexibility index (Phi) is 5.99. The van der Waals surface area contributed by atoms with Gasteiger partial charge in [-0.1, -0.05) is 127 Å². The number of benzene rings is 8. The van der Waals surface area contributed by atoms with Crippen LogP contribution in [-0.2, 0) is 0 Å². The average molecular weight is 689 g/mol. The van der Waals surface area contributed by atoms with Crippen molar-refractivity contribution in [3.8, 4) is 45.3 Å². The zero-order chi connectivity index (χ0) is 35.3. The van der Waals surface area contributed by atoms with E-state index in [2.05, 4.69) is 162 Å². The Morgan fingerprint density at radius 3 is 1.83 bits per heavy atom. The molecule has 0 aliphatic heterocycles. The van der Waals surface area contributed by atoms with Gasteiger partial charge in [0.2, 0.25) is 0 Å². The molecular formula is C49H28N4O. The molecule has 250 valence electrons. The molecule has 0 aliphatic rings. The highest BCUT2D eigenvalue weighted by atomic mass is 16.3. The van der Waals surface area contributed by atoms with Gasteiger partial charge in [-0.3, -0.25) is 0 Å². The molecule has 0 radical (unpaired) electrons. The molecule has 0 bridgehead atoms. The highest BCUT2D eigenvalue weighted by Crippen LogP contribution is 2.45. The molecule has 0 saturated heterocycles. The van der Waals surface area contributed by atoms with E-state index in [1.54, 1.807) is 0 Å². The summed E-state index contributed by atoms with van der Waals surface area (Å²) in [6, 6.07) is 59.6. The van der Waals surface area contributed by atoms with E-state index in [0.717, 1.165) is 71.4 Å². The summed E-state index contributed by atoms with van der Waals surface area (Å²) in [4.78, 5) is 15.7. The summed E-state index contributed by atoms with van der Waals surface area (Å²) in [5, 5.41) is 9.20. The minimum atomic E-state index is 0.585. The van der Waals surface area contributed by atoms with Crippen LogP contribution >= 0.6 is 0 Å².